The summed E-state index contributed by atoms with van der Waals surface area (Å²) in [6.07, 6.45) is -0.510. The first kappa shape index (κ1) is 8.21. The summed E-state index contributed by atoms with van der Waals surface area (Å²) in [5.74, 6) is -0.317. The quantitative estimate of drug-likeness (QED) is 0.615. The number of hydrogen-bond donors (Lipinski definition) is 0. The predicted octanol–water partition coefficient (Wildman–Crippen LogP) is 1.96. The molecular weight excluding hydrogens is 169 g/mol. The van der Waals surface area contributed by atoms with Gasteiger partial charge in [0.15, 0.2) is 6.10 Å². The van der Waals surface area contributed by atoms with Crippen LogP contribution in [0.5, 0.6) is 0 Å². The molecule has 0 bridgehead atoms. The third-order valence-electron chi connectivity index (χ3n) is 2.33. The molecule has 0 amide bonds. The molecule has 2 atom stereocenters. The van der Waals surface area contributed by atoms with Crippen molar-refractivity contribution in [3.8, 4) is 6.07 Å². The molecule has 1 heterocycles. The predicted molar refractivity (Wildman–Crippen MR) is 44.2 cm³/mol. The lowest BCUT2D eigenvalue weighted by Crippen LogP contribution is -2.08. The maximum Gasteiger partial charge on any atom is 0.178 e. The fourth-order valence-electron chi connectivity index (χ4n) is 1.43. The zero-order chi connectivity index (χ0) is 9.47. The van der Waals surface area contributed by atoms with Crippen molar-refractivity contribution in [1.29, 1.82) is 5.26 Å². The summed E-state index contributed by atoms with van der Waals surface area (Å²) in [4.78, 5) is 0. The Balaban J connectivity index is 2.39. The van der Waals surface area contributed by atoms with Gasteiger partial charge in [-0.1, -0.05) is 18.2 Å². The first-order valence-electron chi connectivity index (χ1n) is 4.01. The Morgan fingerprint density at radius 2 is 2.23 bits per heavy atom. The number of benzene rings is 1. The van der Waals surface area contributed by atoms with Gasteiger partial charge in [0.25, 0.3) is 0 Å². The summed E-state index contributed by atoms with van der Waals surface area (Å²) in [6, 6.07) is 8.34. The van der Waals surface area contributed by atoms with Gasteiger partial charge in [-0.3, -0.25) is 0 Å². The number of halogens is 1. The van der Waals surface area contributed by atoms with Crippen LogP contribution in [0, 0.1) is 17.1 Å². The maximum absolute atomic E-state index is 13.2. The van der Waals surface area contributed by atoms with Crippen LogP contribution in [0.3, 0.4) is 0 Å². The Morgan fingerprint density at radius 3 is 2.77 bits per heavy atom. The molecule has 1 aliphatic heterocycles. The second-order valence-corrected chi connectivity index (χ2v) is 3.21. The lowest BCUT2D eigenvalue weighted by atomic mass is 9.97. The van der Waals surface area contributed by atoms with E-state index in [-0.39, 0.29) is 5.82 Å². The Labute approximate surface area is 75.6 Å². The zero-order valence-electron chi connectivity index (χ0n) is 7.12. The van der Waals surface area contributed by atoms with Crippen LogP contribution in [0.4, 0.5) is 4.39 Å². The molecule has 0 aliphatic carbocycles. The molecule has 1 saturated heterocycles. The molecule has 1 fully saturated rings. The van der Waals surface area contributed by atoms with Gasteiger partial charge in [0.2, 0.25) is 0 Å². The molecule has 0 N–H and O–H groups in total. The summed E-state index contributed by atoms with van der Waals surface area (Å²) in [6.45, 7) is 1.72. The van der Waals surface area contributed by atoms with Crippen molar-refractivity contribution in [2.45, 2.75) is 18.6 Å². The molecule has 0 spiro atoms. The highest BCUT2D eigenvalue weighted by Crippen LogP contribution is 2.46. The molecule has 13 heavy (non-hydrogen) atoms. The number of epoxide rings is 1. The summed E-state index contributed by atoms with van der Waals surface area (Å²) >= 11 is 0. The van der Waals surface area contributed by atoms with Crippen LogP contribution in [0.2, 0.25) is 0 Å². The van der Waals surface area contributed by atoms with E-state index in [1.807, 2.05) is 6.07 Å². The molecule has 3 heteroatoms. The van der Waals surface area contributed by atoms with Crippen molar-refractivity contribution < 1.29 is 9.13 Å². The second kappa shape index (κ2) is 2.54. The average Bonchev–Trinajstić information content (AvgIpc) is 2.79. The van der Waals surface area contributed by atoms with E-state index in [1.165, 1.54) is 6.07 Å². The number of hydrogen-bond acceptors (Lipinski definition) is 2. The van der Waals surface area contributed by atoms with Crippen LogP contribution >= 0.6 is 0 Å². The minimum absolute atomic E-state index is 0.317. The average molecular weight is 177 g/mol. The van der Waals surface area contributed by atoms with E-state index in [9.17, 15) is 4.39 Å². The molecule has 0 radical (unpaired) electrons. The number of ether oxygens (including phenoxy) is 1. The Hall–Kier alpha value is -1.40. The van der Waals surface area contributed by atoms with Gasteiger partial charge in [-0.25, -0.2) is 4.39 Å². The van der Waals surface area contributed by atoms with Crippen LogP contribution in [0.1, 0.15) is 12.5 Å². The molecule has 0 aromatic heterocycles. The minimum Gasteiger partial charge on any atom is -0.345 e. The van der Waals surface area contributed by atoms with E-state index in [4.69, 9.17) is 10.00 Å². The molecule has 1 aromatic carbocycles. The molecule has 2 rings (SSSR count). The maximum atomic E-state index is 13.2. The minimum atomic E-state index is -0.736. The summed E-state index contributed by atoms with van der Waals surface area (Å²) < 4.78 is 18.4. The smallest absolute Gasteiger partial charge is 0.178 e. The van der Waals surface area contributed by atoms with E-state index in [0.717, 1.165) is 0 Å². The van der Waals surface area contributed by atoms with Gasteiger partial charge in [-0.05, 0) is 13.0 Å². The van der Waals surface area contributed by atoms with Gasteiger partial charge in [0.05, 0.1) is 6.07 Å². The summed E-state index contributed by atoms with van der Waals surface area (Å²) in [5, 5.41) is 8.60. The monoisotopic (exact) mass is 177 g/mol. The number of nitriles is 1. The van der Waals surface area contributed by atoms with Gasteiger partial charge in [0, 0.05) is 5.56 Å². The fraction of sp³-hybridized carbons (Fsp3) is 0.300. The highest BCUT2D eigenvalue weighted by Gasteiger charge is 2.55. The lowest BCUT2D eigenvalue weighted by molar-refractivity contribution is 0.314. The van der Waals surface area contributed by atoms with Gasteiger partial charge in [0.1, 0.15) is 11.4 Å². The standard InChI is InChI=1S/C10H8FNO/c1-10(9(6-12)13-10)7-4-2-3-5-8(7)11/h2-5,9H,1H3. The van der Waals surface area contributed by atoms with Gasteiger partial charge < -0.3 is 4.74 Å². The highest BCUT2D eigenvalue weighted by atomic mass is 19.1. The van der Waals surface area contributed by atoms with Crippen molar-refractivity contribution in [3.05, 3.63) is 35.6 Å². The zero-order valence-corrected chi connectivity index (χ0v) is 7.12. The molecule has 1 aromatic rings. The summed E-state index contributed by atoms with van der Waals surface area (Å²) in [5.41, 5.74) is -0.276. The van der Waals surface area contributed by atoms with Crippen molar-refractivity contribution in [1.82, 2.24) is 0 Å². The molecule has 66 valence electrons. The van der Waals surface area contributed by atoms with Gasteiger partial charge in [-0.2, -0.15) is 5.26 Å². The summed E-state index contributed by atoms with van der Waals surface area (Å²) in [7, 11) is 0. The van der Waals surface area contributed by atoms with Crippen LogP contribution in [-0.2, 0) is 10.3 Å². The third-order valence-corrected chi connectivity index (χ3v) is 2.33. The first-order valence-corrected chi connectivity index (χ1v) is 4.01. The Morgan fingerprint density at radius 1 is 1.54 bits per heavy atom. The van der Waals surface area contributed by atoms with Crippen molar-refractivity contribution >= 4 is 0 Å². The van der Waals surface area contributed by atoms with E-state index in [1.54, 1.807) is 25.1 Å². The molecule has 0 saturated carbocycles. The molecular formula is C10H8FNO. The Bertz CT molecular complexity index is 385. The molecule has 1 aliphatic rings. The van der Waals surface area contributed by atoms with Crippen LogP contribution in [0.25, 0.3) is 0 Å². The second-order valence-electron chi connectivity index (χ2n) is 3.21. The lowest BCUT2D eigenvalue weighted by Gasteiger charge is -2.05. The van der Waals surface area contributed by atoms with Gasteiger partial charge in [-0.15, -0.1) is 0 Å². The topological polar surface area (TPSA) is 36.3 Å². The van der Waals surface area contributed by atoms with Crippen molar-refractivity contribution in [2.24, 2.45) is 0 Å². The van der Waals surface area contributed by atoms with Crippen molar-refractivity contribution in [3.63, 3.8) is 0 Å². The van der Waals surface area contributed by atoms with E-state index >= 15 is 0 Å². The first-order chi connectivity index (χ1) is 6.18. The van der Waals surface area contributed by atoms with Crippen molar-refractivity contribution in [2.75, 3.05) is 0 Å². The van der Waals surface area contributed by atoms with Gasteiger partial charge >= 0.3 is 0 Å². The SMILES string of the molecule is CC1(c2ccccc2F)OC1C#N. The van der Waals surface area contributed by atoms with Crippen LogP contribution in [0.15, 0.2) is 24.3 Å². The molecule has 2 unspecified atom stereocenters. The normalized spacial score (nSPS) is 31.0. The largest absolute Gasteiger partial charge is 0.345 e. The molecule has 2 nitrogen and oxygen atoms in total. The highest BCUT2D eigenvalue weighted by molar-refractivity contribution is 5.32. The van der Waals surface area contributed by atoms with E-state index in [2.05, 4.69) is 0 Å². The fourth-order valence-corrected chi connectivity index (χ4v) is 1.43. The number of rotatable bonds is 1. The van der Waals surface area contributed by atoms with Crippen LogP contribution < -0.4 is 0 Å². The van der Waals surface area contributed by atoms with Crippen LogP contribution in [-0.4, -0.2) is 6.10 Å². The third kappa shape index (κ3) is 1.11. The number of nitrogens with zero attached hydrogens (tertiary/aromatic N) is 1. The van der Waals surface area contributed by atoms with E-state index in [0.29, 0.717) is 5.56 Å². The van der Waals surface area contributed by atoms with E-state index < -0.39 is 11.7 Å². The Kier molecular flexibility index (Phi) is 1.61.